The maximum absolute atomic E-state index is 13.9. The molecule has 7 nitrogen and oxygen atoms in total. The molecule has 2 atom stereocenters. The first kappa shape index (κ1) is 21.4. The Kier molecular flexibility index (Phi) is 6.60. The molecule has 2 N–H and O–H groups in total. The van der Waals surface area contributed by atoms with Crippen molar-refractivity contribution >= 4 is 29.5 Å². The van der Waals surface area contributed by atoms with E-state index in [4.69, 9.17) is 4.42 Å². The van der Waals surface area contributed by atoms with E-state index < -0.39 is 11.3 Å². The number of carbonyl (C=O) groups excluding carboxylic acids is 3. The van der Waals surface area contributed by atoms with Crippen molar-refractivity contribution in [3.63, 3.8) is 0 Å². The van der Waals surface area contributed by atoms with E-state index in [9.17, 15) is 18.8 Å². The average Bonchev–Trinajstić information content (AvgIpc) is 3.31. The van der Waals surface area contributed by atoms with Crippen molar-refractivity contribution in [2.24, 2.45) is 0 Å². The van der Waals surface area contributed by atoms with Gasteiger partial charge in [0.05, 0.1) is 17.1 Å². The number of carbonyl (C=O) groups is 3. The van der Waals surface area contributed by atoms with Crippen LogP contribution in [0.4, 0.5) is 4.39 Å². The summed E-state index contributed by atoms with van der Waals surface area (Å²) in [6, 6.07) is 7.40. The van der Waals surface area contributed by atoms with Gasteiger partial charge in [0.25, 0.3) is 5.91 Å². The predicted octanol–water partition coefficient (Wildman–Crippen LogP) is 1.98. The van der Waals surface area contributed by atoms with Gasteiger partial charge in [-0.3, -0.25) is 14.4 Å². The van der Waals surface area contributed by atoms with E-state index in [0.29, 0.717) is 49.2 Å². The number of benzene rings is 1. The van der Waals surface area contributed by atoms with Crippen molar-refractivity contribution in [1.29, 1.82) is 0 Å². The van der Waals surface area contributed by atoms with Crippen LogP contribution in [0.5, 0.6) is 0 Å². The van der Waals surface area contributed by atoms with E-state index in [1.807, 2.05) is 0 Å². The molecule has 9 heteroatoms. The van der Waals surface area contributed by atoms with Crippen LogP contribution in [0, 0.1) is 5.82 Å². The van der Waals surface area contributed by atoms with Crippen LogP contribution in [0.3, 0.4) is 0 Å². The van der Waals surface area contributed by atoms with Crippen LogP contribution in [0.2, 0.25) is 0 Å². The number of rotatable bonds is 5. The van der Waals surface area contributed by atoms with Crippen LogP contribution >= 0.6 is 11.8 Å². The predicted molar refractivity (Wildman–Crippen MR) is 114 cm³/mol. The van der Waals surface area contributed by atoms with Gasteiger partial charge in [-0.2, -0.15) is 0 Å². The molecule has 2 fully saturated rings. The van der Waals surface area contributed by atoms with Crippen LogP contribution in [-0.4, -0.2) is 58.8 Å². The van der Waals surface area contributed by atoms with Crippen LogP contribution in [-0.2, 0) is 16.0 Å². The third-order valence-corrected chi connectivity index (χ3v) is 6.96. The van der Waals surface area contributed by atoms with E-state index in [1.165, 1.54) is 30.4 Å². The molecule has 2 saturated heterocycles. The van der Waals surface area contributed by atoms with Crippen LogP contribution < -0.4 is 10.6 Å². The highest BCUT2D eigenvalue weighted by Crippen LogP contribution is 2.23. The second kappa shape index (κ2) is 9.55. The zero-order valence-corrected chi connectivity index (χ0v) is 17.7. The summed E-state index contributed by atoms with van der Waals surface area (Å²) in [5.41, 5.74) is 1.02. The highest BCUT2D eigenvalue weighted by Gasteiger charge is 2.34. The number of thioether (sulfide) groups is 1. The highest BCUT2D eigenvalue weighted by atomic mass is 32.2. The molecule has 164 valence electrons. The number of furan rings is 1. The zero-order valence-electron chi connectivity index (χ0n) is 16.9. The van der Waals surface area contributed by atoms with Crippen molar-refractivity contribution in [2.75, 3.05) is 18.8 Å². The van der Waals surface area contributed by atoms with E-state index >= 15 is 0 Å². The van der Waals surface area contributed by atoms with Gasteiger partial charge in [-0.15, -0.1) is 11.8 Å². The SMILES string of the molecule is O=C1N[C@@H](C(=O)NC2CCN(C(=O)c3ccoc3)CC2)CS[C@H]1Cc1ccccc1F. The smallest absolute Gasteiger partial charge is 0.257 e. The number of nitrogens with one attached hydrogen (secondary N) is 2. The molecule has 2 aliphatic heterocycles. The molecule has 2 aromatic rings. The highest BCUT2D eigenvalue weighted by molar-refractivity contribution is 8.00. The largest absolute Gasteiger partial charge is 0.472 e. The number of hydrogen-bond donors (Lipinski definition) is 2. The Morgan fingerprint density at radius 3 is 2.68 bits per heavy atom. The number of likely N-dealkylation sites (tertiary alicyclic amines) is 1. The van der Waals surface area contributed by atoms with Gasteiger partial charge in [0.2, 0.25) is 11.8 Å². The van der Waals surface area contributed by atoms with Gasteiger partial charge in [-0.05, 0) is 37.0 Å². The third kappa shape index (κ3) is 5.10. The lowest BCUT2D eigenvalue weighted by Crippen LogP contribution is -2.57. The third-order valence-electron chi connectivity index (χ3n) is 5.65. The summed E-state index contributed by atoms with van der Waals surface area (Å²) in [7, 11) is 0. The Morgan fingerprint density at radius 2 is 2.00 bits per heavy atom. The Bertz CT molecular complexity index is 944. The molecule has 3 amide bonds. The Labute approximate surface area is 183 Å². The standard InChI is InChI=1S/C22H24FN3O4S/c23-17-4-2-1-3-14(17)11-19-21(28)25-18(13-31-19)20(27)24-16-5-8-26(9-6-16)22(29)15-7-10-30-12-15/h1-4,7,10,12,16,18-19H,5-6,8-9,11,13H2,(H,24,27)(H,25,28)/t18-,19+/m1/s1. The molecule has 2 aliphatic rings. The topological polar surface area (TPSA) is 91.7 Å². The van der Waals surface area contributed by atoms with Crippen molar-refractivity contribution in [1.82, 2.24) is 15.5 Å². The summed E-state index contributed by atoms with van der Waals surface area (Å²) < 4.78 is 18.8. The zero-order chi connectivity index (χ0) is 21.8. The molecule has 1 aromatic heterocycles. The van der Waals surface area contributed by atoms with Gasteiger partial charge in [0.1, 0.15) is 18.1 Å². The van der Waals surface area contributed by atoms with E-state index in [0.717, 1.165) is 0 Å². The first-order valence-electron chi connectivity index (χ1n) is 10.3. The fraction of sp³-hybridized carbons (Fsp3) is 0.409. The van der Waals surface area contributed by atoms with Gasteiger partial charge in [-0.25, -0.2) is 4.39 Å². The summed E-state index contributed by atoms with van der Waals surface area (Å²) in [6.45, 7) is 1.09. The number of amides is 3. The number of piperidine rings is 1. The number of nitrogens with zero attached hydrogens (tertiary/aromatic N) is 1. The monoisotopic (exact) mass is 445 g/mol. The van der Waals surface area contributed by atoms with E-state index in [2.05, 4.69) is 10.6 Å². The maximum Gasteiger partial charge on any atom is 0.257 e. The Morgan fingerprint density at radius 1 is 1.23 bits per heavy atom. The fourth-order valence-corrected chi connectivity index (χ4v) is 5.02. The second-order valence-electron chi connectivity index (χ2n) is 7.77. The van der Waals surface area contributed by atoms with Crippen molar-refractivity contribution in [3.8, 4) is 0 Å². The van der Waals surface area contributed by atoms with E-state index in [-0.39, 0.29) is 29.6 Å². The molecule has 0 saturated carbocycles. The van der Waals surface area contributed by atoms with Crippen molar-refractivity contribution in [3.05, 3.63) is 59.8 Å². The number of halogens is 1. The molecule has 0 bridgehead atoms. The van der Waals surface area contributed by atoms with Crippen molar-refractivity contribution in [2.45, 2.75) is 36.6 Å². The molecule has 3 heterocycles. The summed E-state index contributed by atoms with van der Waals surface area (Å²) >= 11 is 1.37. The normalized spacial score (nSPS) is 22.1. The molecular formula is C22H24FN3O4S. The van der Waals surface area contributed by atoms with E-state index in [1.54, 1.807) is 29.2 Å². The Hall–Kier alpha value is -2.81. The van der Waals surface area contributed by atoms with Crippen LogP contribution in [0.1, 0.15) is 28.8 Å². The molecule has 0 radical (unpaired) electrons. The molecular weight excluding hydrogens is 421 g/mol. The molecule has 0 unspecified atom stereocenters. The quantitative estimate of drug-likeness (QED) is 0.735. The van der Waals surface area contributed by atoms with Gasteiger partial charge in [0, 0.05) is 24.9 Å². The lowest BCUT2D eigenvalue weighted by Gasteiger charge is -2.34. The summed E-state index contributed by atoms with van der Waals surface area (Å²) in [5.74, 6) is -0.428. The molecule has 0 spiro atoms. The fourth-order valence-electron chi connectivity index (χ4n) is 3.85. The van der Waals surface area contributed by atoms with Gasteiger partial charge in [0.15, 0.2) is 0 Å². The van der Waals surface area contributed by atoms with Crippen LogP contribution in [0.25, 0.3) is 0 Å². The summed E-state index contributed by atoms with van der Waals surface area (Å²) in [5, 5.41) is 5.35. The Balaban J connectivity index is 1.23. The average molecular weight is 446 g/mol. The summed E-state index contributed by atoms with van der Waals surface area (Å²) in [6.07, 6.45) is 4.50. The van der Waals surface area contributed by atoms with Gasteiger partial charge < -0.3 is 20.0 Å². The first-order valence-corrected chi connectivity index (χ1v) is 11.3. The second-order valence-corrected chi connectivity index (χ2v) is 9.00. The minimum absolute atomic E-state index is 0.0426. The number of hydrogen-bond acceptors (Lipinski definition) is 5. The summed E-state index contributed by atoms with van der Waals surface area (Å²) in [4.78, 5) is 39.2. The van der Waals surface area contributed by atoms with Gasteiger partial charge in [-0.1, -0.05) is 18.2 Å². The molecule has 1 aromatic carbocycles. The lowest BCUT2D eigenvalue weighted by molar-refractivity contribution is -0.129. The molecule has 0 aliphatic carbocycles. The van der Waals surface area contributed by atoms with Crippen LogP contribution in [0.15, 0.2) is 47.3 Å². The van der Waals surface area contributed by atoms with Gasteiger partial charge >= 0.3 is 0 Å². The first-order chi connectivity index (χ1) is 15.0. The minimum Gasteiger partial charge on any atom is -0.472 e. The maximum atomic E-state index is 13.9. The van der Waals surface area contributed by atoms with Crippen molar-refractivity contribution < 1.29 is 23.2 Å². The molecule has 4 rings (SSSR count). The lowest BCUT2D eigenvalue weighted by atomic mass is 10.0. The molecule has 31 heavy (non-hydrogen) atoms. The minimum atomic E-state index is -0.611.